The van der Waals surface area contributed by atoms with Crippen molar-refractivity contribution in [2.45, 2.75) is 38.7 Å². The lowest BCUT2D eigenvalue weighted by molar-refractivity contribution is 0.104. The molecule has 76 valence electrons. The molecule has 1 saturated heterocycles. The molecule has 2 rings (SSSR count). The van der Waals surface area contributed by atoms with Crippen LogP contribution in [-0.4, -0.2) is 12.7 Å². The lowest BCUT2D eigenvalue weighted by Gasteiger charge is -2.08. The SMILES string of the molecule is Cc1ccc(CCC2CCCO2)cc1. The molecule has 1 fully saturated rings. The molecule has 0 bridgehead atoms. The average molecular weight is 190 g/mol. The van der Waals surface area contributed by atoms with Gasteiger partial charge < -0.3 is 4.74 Å². The van der Waals surface area contributed by atoms with Crippen molar-refractivity contribution in [1.82, 2.24) is 0 Å². The standard InChI is InChI=1S/C13H18O/c1-11-4-6-12(7-5-11)8-9-13-3-2-10-14-13/h4-7,13H,2-3,8-10H2,1H3. The van der Waals surface area contributed by atoms with Crippen LogP contribution in [0.1, 0.15) is 30.4 Å². The quantitative estimate of drug-likeness (QED) is 0.711. The zero-order valence-corrected chi connectivity index (χ0v) is 8.83. The smallest absolute Gasteiger partial charge is 0.0579 e. The molecule has 0 aliphatic carbocycles. The van der Waals surface area contributed by atoms with Crippen LogP contribution >= 0.6 is 0 Å². The molecule has 1 heterocycles. The Morgan fingerprint density at radius 1 is 1.29 bits per heavy atom. The molecule has 1 heteroatoms. The normalized spacial score (nSPS) is 21.4. The highest BCUT2D eigenvalue weighted by Gasteiger charge is 2.14. The number of rotatable bonds is 3. The molecular weight excluding hydrogens is 172 g/mol. The van der Waals surface area contributed by atoms with Crippen molar-refractivity contribution < 1.29 is 4.74 Å². The summed E-state index contributed by atoms with van der Waals surface area (Å²) in [5.74, 6) is 0. The number of ether oxygens (including phenoxy) is 1. The van der Waals surface area contributed by atoms with Gasteiger partial charge in [0.1, 0.15) is 0 Å². The molecule has 0 N–H and O–H groups in total. The Hall–Kier alpha value is -0.820. The van der Waals surface area contributed by atoms with Crippen LogP contribution in [0.3, 0.4) is 0 Å². The van der Waals surface area contributed by atoms with E-state index >= 15 is 0 Å². The first-order valence-corrected chi connectivity index (χ1v) is 5.52. The molecule has 0 aromatic heterocycles. The Balaban J connectivity index is 1.82. The molecule has 1 aliphatic rings. The summed E-state index contributed by atoms with van der Waals surface area (Å²) in [6, 6.07) is 8.82. The second-order valence-corrected chi connectivity index (χ2v) is 4.16. The van der Waals surface area contributed by atoms with Gasteiger partial charge >= 0.3 is 0 Å². The second-order valence-electron chi connectivity index (χ2n) is 4.16. The zero-order valence-electron chi connectivity index (χ0n) is 8.83. The highest BCUT2D eigenvalue weighted by Crippen LogP contribution is 2.17. The van der Waals surface area contributed by atoms with Gasteiger partial charge in [0.05, 0.1) is 6.10 Å². The molecule has 1 unspecified atom stereocenters. The van der Waals surface area contributed by atoms with E-state index in [0.29, 0.717) is 6.10 Å². The van der Waals surface area contributed by atoms with Crippen LogP contribution in [0.4, 0.5) is 0 Å². The minimum Gasteiger partial charge on any atom is -0.378 e. The summed E-state index contributed by atoms with van der Waals surface area (Å²) < 4.78 is 5.60. The average Bonchev–Trinajstić information content (AvgIpc) is 2.70. The van der Waals surface area contributed by atoms with E-state index in [4.69, 9.17) is 4.74 Å². The van der Waals surface area contributed by atoms with Crippen LogP contribution in [0.5, 0.6) is 0 Å². The molecule has 0 amide bonds. The van der Waals surface area contributed by atoms with E-state index in [1.54, 1.807) is 0 Å². The number of hydrogen-bond donors (Lipinski definition) is 0. The Morgan fingerprint density at radius 3 is 2.71 bits per heavy atom. The van der Waals surface area contributed by atoms with Crippen LogP contribution in [0.2, 0.25) is 0 Å². The van der Waals surface area contributed by atoms with Crippen LogP contribution in [0, 0.1) is 6.92 Å². The van der Waals surface area contributed by atoms with Crippen LogP contribution in [0.15, 0.2) is 24.3 Å². The summed E-state index contributed by atoms with van der Waals surface area (Å²) in [6.45, 7) is 3.10. The van der Waals surface area contributed by atoms with Crippen molar-refractivity contribution in [3.05, 3.63) is 35.4 Å². The van der Waals surface area contributed by atoms with E-state index in [9.17, 15) is 0 Å². The zero-order chi connectivity index (χ0) is 9.80. The van der Waals surface area contributed by atoms with Gasteiger partial charge in [-0.3, -0.25) is 0 Å². The van der Waals surface area contributed by atoms with Crippen LogP contribution in [-0.2, 0) is 11.2 Å². The summed E-state index contributed by atoms with van der Waals surface area (Å²) in [6.07, 6.45) is 5.37. The maximum absolute atomic E-state index is 5.60. The summed E-state index contributed by atoms with van der Waals surface area (Å²) in [4.78, 5) is 0. The van der Waals surface area contributed by atoms with E-state index in [1.165, 1.54) is 30.4 Å². The number of benzene rings is 1. The van der Waals surface area contributed by atoms with Crippen molar-refractivity contribution in [3.63, 3.8) is 0 Å². The lowest BCUT2D eigenvalue weighted by atomic mass is 10.0. The maximum Gasteiger partial charge on any atom is 0.0579 e. The van der Waals surface area contributed by atoms with Gasteiger partial charge in [-0.05, 0) is 38.2 Å². The van der Waals surface area contributed by atoms with Gasteiger partial charge in [-0.15, -0.1) is 0 Å². The first kappa shape index (κ1) is 9.72. The first-order valence-electron chi connectivity index (χ1n) is 5.52. The first-order chi connectivity index (χ1) is 6.84. The van der Waals surface area contributed by atoms with Crippen molar-refractivity contribution in [1.29, 1.82) is 0 Å². The molecule has 1 nitrogen and oxygen atoms in total. The molecule has 0 radical (unpaired) electrons. The van der Waals surface area contributed by atoms with E-state index in [-0.39, 0.29) is 0 Å². The summed E-state index contributed by atoms with van der Waals surface area (Å²) in [7, 11) is 0. The van der Waals surface area contributed by atoms with Gasteiger partial charge in [0.25, 0.3) is 0 Å². The molecule has 0 spiro atoms. The van der Waals surface area contributed by atoms with Crippen molar-refractivity contribution >= 4 is 0 Å². The van der Waals surface area contributed by atoms with Crippen LogP contribution in [0.25, 0.3) is 0 Å². The Morgan fingerprint density at radius 2 is 2.07 bits per heavy atom. The summed E-state index contributed by atoms with van der Waals surface area (Å²) in [5, 5.41) is 0. The topological polar surface area (TPSA) is 9.23 Å². The Bertz CT molecular complexity index is 270. The molecule has 1 atom stereocenters. The van der Waals surface area contributed by atoms with Crippen molar-refractivity contribution in [2.24, 2.45) is 0 Å². The minimum absolute atomic E-state index is 0.524. The van der Waals surface area contributed by atoms with Gasteiger partial charge in [0, 0.05) is 6.61 Å². The van der Waals surface area contributed by atoms with Gasteiger partial charge in [0.2, 0.25) is 0 Å². The predicted octanol–water partition coefficient (Wildman–Crippen LogP) is 3.11. The molecule has 1 aromatic rings. The number of aryl methyl sites for hydroxylation is 2. The molecule has 1 aliphatic heterocycles. The van der Waals surface area contributed by atoms with Gasteiger partial charge in [-0.2, -0.15) is 0 Å². The third kappa shape index (κ3) is 2.58. The monoisotopic (exact) mass is 190 g/mol. The third-order valence-electron chi connectivity index (χ3n) is 2.90. The van der Waals surface area contributed by atoms with Gasteiger partial charge in [-0.25, -0.2) is 0 Å². The minimum atomic E-state index is 0.524. The maximum atomic E-state index is 5.60. The van der Waals surface area contributed by atoms with Crippen molar-refractivity contribution in [2.75, 3.05) is 6.61 Å². The van der Waals surface area contributed by atoms with Gasteiger partial charge in [-0.1, -0.05) is 29.8 Å². The number of hydrogen-bond acceptors (Lipinski definition) is 1. The fraction of sp³-hybridized carbons (Fsp3) is 0.538. The van der Waals surface area contributed by atoms with E-state index in [1.807, 2.05) is 0 Å². The molecule has 0 saturated carbocycles. The Labute approximate surface area is 86.1 Å². The third-order valence-corrected chi connectivity index (χ3v) is 2.90. The fourth-order valence-corrected chi connectivity index (χ4v) is 1.95. The molecular formula is C13H18O. The largest absolute Gasteiger partial charge is 0.378 e. The second kappa shape index (κ2) is 4.61. The van der Waals surface area contributed by atoms with E-state index in [2.05, 4.69) is 31.2 Å². The van der Waals surface area contributed by atoms with Crippen LogP contribution < -0.4 is 0 Å². The Kier molecular flexibility index (Phi) is 3.20. The van der Waals surface area contributed by atoms with E-state index < -0.39 is 0 Å². The summed E-state index contributed by atoms with van der Waals surface area (Å²) in [5.41, 5.74) is 2.77. The molecule has 1 aromatic carbocycles. The summed E-state index contributed by atoms with van der Waals surface area (Å²) >= 11 is 0. The predicted molar refractivity (Wildman–Crippen MR) is 58.5 cm³/mol. The molecule has 14 heavy (non-hydrogen) atoms. The lowest BCUT2D eigenvalue weighted by Crippen LogP contribution is -2.05. The van der Waals surface area contributed by atoms with Crippen molar-refractivity contribution in [3.8, 4) is 0 Å². The highest BCUT2D eigenvalue weighted by molar-refractivity contribution is 5.21. The fourth-order valence-electron chi connectivity index (χ4n) is 1.95. The van der Waals surface area contributed by atoms with Gasteiger partial charge in [0.15, 0.2) is 0 Å². The van der Waals surface area contributed by atoms with E-state index in [0.717, 1.165) is 13.0 Å². The highest BCUT2D eigenvalue weighted by atomic mass is 16.5.